The maximum Gasteiger partial charge on any atom is 0.222 e. The Morgan fingerprint density at radius 3 is 2.86 bits per heavy atom. The summed E-state index contributed by atoms with van der Waals surface area (Å²) in [7, 11) is 1.88. The van der Waals surface area contributed by atoms with E-state index in [0.29, 0.717) is 24.9 Å². The summed E-state index contributed by atoms with van der Waals surface area (Å²) < 4.78 is 1.76. The maximum absolute atomic E-state index is 11.7. The van der Waals surface area contributed by atoms with Crippen LogP contribution < -0.4 is 11.1 Å². The second-order valence-electron chi connectivity index (χ2n) is 6.74. The van der Waals surface area contributed by atoms with Crippen molar-refractivity contribution in [3.8, 4) is 0 Å². The van der Waals surface area contributed by atoms with Gasteiger partial charge in [0.2, 0.25) is 5.91 Å². The van der Waals surface area contributed by atoms with Gasteiger partial charge in [-0.1, -0.05) is 13.8 Å². The fraction of sp³-hybridized carbons (Fsp3) is 0.750. The maximum atomic E-state index is 11.7. The zero-order valence-electron chi connectivity index (χ0n) is 13.4. The summed E-state index contributed by atoms with van der Waals surface area (Å²) >= 11 is 0. The first-order valence-electron chi connectivity index (χ1n) is 7.96. The molecule has 1 aromatic rings. The van der Waals surface area contributed by atoms with Gasteiger partial charge in [0.15, 0.2) is 0 Å². The van der Waals surface area contributed by atoms with Crippen molar-refractivity contribution >= 4 is 5.91 Å². The zero-order valence-corrected chi connectivity index (χ0v) is 13.4. The lowest BCUT2D eigenvalue weighted by molar-refractivity contribution is -0.121. The summed E-state index contributed by atoms with van der Waals surface area (Å²) in [5.74, 6) is 1.09. The topological polar surface area (TPSA) is 72.9 Å². The number of carbonyl (C=O) groups is 1. The number of nitrogens with one attached hydrogen (secondary N) is 1. The van der Waals surface area contributed by atoms with Crippen molar-refractivity contribution in [1.82, 2.24) is 15.1 Å². The van der Waals surface area contributed by atoms with E-state index in [1.807, 2.05) is 13.2 Å². The summed E-state index contributed by atoms with van der Waals surface area (Å²) in [5.41, 5.74) is 6.62. The third kappa shape index (κ3) is 4.56. The van der Waals surface area contributed by atoms with Crippen LogP contribution in [-0.4, -0.2) is 28.3 Å². The zero-order chi connectivity index (χ0) is 15.4. The molecule has 21 heavy (non-hydrogen) atoms. The van der Waals surface area contributed by atoms with Gasteiger partial charge < -0.3 is 11.1 Å². The van der Waals surface area contributed by atoms with Crippen LogP contribution in [0.3, 0.4) is 0 Å². The molecule has 1 aliphatic carbocycles. The van der Waals surface area contributed by atoms with Crippen LogP contribution in [0.25, 0.3) is 0 Å². The molecule has 118 valence electrons. The molecule has 1 aliphatic rings. The van der Waals surface area contributed by atoms with Crippen molar-refractivity contribution in [3.05, 3.63) is 18.0 Å². The van der Waals surface area contributed by atoms with E-state index in [1.165, 1.54) is 19.3 Å². The lowest BCUT2D eigenvalue weighted by Crippen LogP contribution is -2.44. The average Bonchev–Trinajstić information content (AvgIpc) is 2.81. The largest absolute Gasteiger partial charge is 0.369 e. The van der Waals surface area contributed by atoms with E-state index in [1.54, 1.807) is 10.9 Å². The predicted molar refractivity (Wildman–Crippen MR) is 83.6 cm³/mol. The number of aryl methyl sites for hydroxylation is 1. The Balaban J connectivity index is 1.87. The van der Waals surface area contributed by atoms with Crippen molar-refractivity contribution in [1.29, 1.82) is 0 Å². The summed E-state index contributed by atoms with van der Waals surface area (Å²) in [6, 6.07) is 0.511. The van der Waals surface area contributed by atoms with E-state index in [0.717, 1.165) is 11.5 Å². The first-order valence-corrected chi connectivity index (χ1v) is 7.96. The quantitative estimate of drug-likeness (QED) is 0.834. The number of nitrogens with zero attached hydrogens (tertiary/aromatic N) is 2. The number of aromatic nitrogens is 2. The lowest BCUT2D eigenvalue weighted by atomic mass is 9.79. The standard InChI is InChI=1S/C16H28N4O/c1-11-4-5-15(12(2)6-11)18-9-14(16(17)21)7-13-8-19-20(3)10-13/h8,10-12,14-15,18H,4-7,9H2,1-3H3,(H2,17,21)/t11-,12-,14+,15+/m1/s1. The number of primary amides is 1. The first kappa shape index (κ1) is 16.0. The second-order valence-corrected chi connectivity index (χ2v) is 6.74. The van der Waals surface area contributed by atoms with Crippen LogP contribution in [0.5, 0.6) is 0 Å². The van der Waals surface area contributed by atoms with Crippen LogP contribution in [0, 0.1) is 17.8 Å². The van der Waals surface area contributed by atoms with Crippen molar-refractivity contribution in [2.45, 2.75) is 45.6 Å². The van der Waals surface area contributed by atoms with Gasteiger partial charge in [-0.15, -0.1) is 0 Å². The molecule has 1 saturated carbocycles. The van der Waals surface area contributed by atoms with Gasteiger partial charge in [0.1, 0.15) is 0 Å². The Morgan fingerprint density at radius 1 is 1.52 bits per heavy atom. The minimum absolute atomic E-state index is 0.166. The third-order valence-corrected chi connectivity index (χ3v) is 4.70. The Labute approximate surface area is 127 Å². The van der Waals surface area contributed by atoms with Gasteiger partial charge in [0, 0.05) is 25.8 Å². The average molecular weight is 292 g/mol. The minimum atomic E-state index is -0.233. The Bertz CT molecular complexity index is 471. The Morgan fingerprint density at radius 2 is 2.29 bits per heavy atom. The van der Waals surface area contributed by atoms with Gasteiger partial charge in [-0.05, 0) is 43.1 Å². The SMILES string of the molecule is C[C@@H]1CC[C@H](NC[C@H](Cc2cnn(C)c2)C(N)=O)[C@H](C)C1. The van der Waals surface area contributed by atoms with Crippen LogP contribution in [-0.2, 0) is 18.3 Å². The fourth-order valence-corrected chi connectivity index (χ4v) is 3.40. The highest BCUT2D eigenvalue weighted by molar-refractivity contribution is 5.77. The summed E-state index contributed by atoms with van der Waals surface area (Å²) in [6.07, 6.45) is 8.14. The highest BCUT2D eigenvalue weighted by Gasteiger charge is 2.26. The van der Waals surface area contributed by atoms with Crippen molar-refractivity contribution < 1.29 is 4.79 Å². The third-order valence-electron chi connectivity index (χ3n) is 4.70. The molecule has 0 bridgehead atoms. The van der Waals surface area contributed by atoms with Gasteiger partial charge in [0.25, 0.3) is 0 Å². The van der Waals surface area contributed by atoms with Crippen LogP contribution in [0.15, 0.2) is 12.4 Å². The van der Waals surface area contributed by atoms with Gasteiger partial charge in [-0.2, -0.15) is 5.10 Å². The van der Waals surface area contributed by atoms with Gasteiger partial charge >= 0.3 is 0 Å². The molecular formula is C16H28N4O. The van der Waals surface area contributed by atoms with Crippen LogP contribution >= 0.6 is 0 Å². The van der Waals surface area contributed by atoms with Crippen molar-refractivity contribution in [2.24, 2.45) is 30.5 Å². The number of carbonyl (C=O) groups excluding carboxylic acids is 1. The fourth-order valence-electron chi connectivity index (χ4n) is 3.40. The van der Waals surface area contributed by atoms with Gasteiger partial charge in [0.05, 0.1) is 12.1 Å². The van der Waals surface area contributed by atoms with E-state index >= 15 is 0 Å². The molecule has 5 heteroatoms. The van der Waals surface area contributed by atoms with Crippen LogP contribution in [0.2, 0.25) is 0 Å². The van der Waals surface area contributed by atoms with E-state index in [-0.39, 0.29) is 11.8 Å². The van der Waals surface area contributed by atoms with E-state index in [9.17, 15) is 4.79 Å². The monoisotopic (exact) mass is 292 g/mol. The normalized spacial score (nSPS) is 27.5. The molecule has 2 rings (SSSR count). The second kappa shape index (κ2) is 7.07. The molecule has 1 fully saturated rings. The molecule has 0 saturated heterocycles. The number of hydrogen-bond donors (Lipinski definition) is 2. The Hall–Kier alpha value is -1.36. The number of nitrogens with two attached hydrogens (primary N) is 1. The van der Waals surface area contributed by atoms with Gasteiger partial charge in [-0.3, -0.25) is 9.48 Å². The number of amides is 1. The molecule has 0 spiro atoms. The first-order chi connectivity index (χ1) is 9.95. The van der Waals surface area contributed by atoms with E-state index < -0.39 is 0 Å². The number of hydrogen-bond acceptors (Lipinski definition) is 3. The van der Waals surface area contributed by atoms with Crippen LogP contribution in [0.1, 0.15) is 38.7 Å². The number of rotatable bonds is 6. The van der Waals surface area contributed by atoms with E-state index in [2.05, 4.69) is 24.3 Å². The molecule has 3 N–H and O–H groups in total. The molecule has 4 atom stereocenters. The van der Waals surface area contributed by atoms with Crippen LogP contribution in [0.4, 0.5) is 0 Å². The molecule has 0 unspecified atom stereocenters. The summed E-state index contributed by atoms with van der Waals surface area (Å²) in [5, 5.41) is 7.72. The highest BCUT2D eigenvalue weighted by atomic mass is 16.1. The molecule has 0 aliphatic heterocycles. The molecular weight excluding hydrogens is 264 g/mol. The van der Waals surface area contributed by atoms with Gasteiger partial charge in [-0.25, -0.2) is 0 Å². The summed E-state index contributed by atoms with van der Waals surface area (Å²) in [6.45, 7) is 5.28. The van der Waals surface area contributed by atoms with Crippen molar-refractivity contribution in [3.63, 3.8) is 0 Å². The highest BCUT2D eigenvalue weighted by Crippen LogP contribution is 2.28. The molecule has 0 aromatic carbocycles. The molecule has 1 amide bonds. The molecule has 5 nitrogen and oxygen atoms in total. The summed E-state index contributed by atoms with van der Waals surface area (Å²) in [4.78, 5) is 11.7. The smallest absolute Gasteiger partial charge is 0.222 e. The predicted octanol–water partition coefficient (Wildman–Crippen LogP) is 1.48. The molecule has 0 radical (unpaired) electrons. The lowest BCUT2D eigenvalue weighted by Gasteiger charge is -2.34. The molecule has 1 heterocycles. The van der Waals surface area contributed by atoms with Crippen molar-refractivity contribution in [2.75, 3.05) is 6.54 Å². The molecule has 1 aromatic heterocycles. The minimum Gasteiger partial charge on any atom is -0.369 e. The van der Waals surface area contributed by atoms with E-state index in [4.69, 9.17) is 5.73 Å². The Kier molecular flexibility index (Phi) is 5.39.